The van der Waals surface area contributed by atoms with Gasteiger partial charge in [-0.3, -0.25) is 4.79 Å². The standard InChI is InChI=1S/C11H10N2O/c1-8-4-2-3-5-9(8)6-10(7-12)11(13)14/h2-6H,1H3,(H2,13,14). The molecule has 0 saturated heterocycles. The number of aryl methyl sites for hydroxylation is 1. The molecule has 0 atom stereocenters. The molecule has 0 fully saturated rings. The van der Waals surface area contributed by atoms with Crippen LogP contribution in [-0.2, 0) is 4.79 Å². The van der Waals surface area contributed by atoms with Gasteiger partial charge in [0, 0.05) is 0 Å². The molecule has 1 aromatic carbocycles. The van der Waals surface area contributed by atoms with Crippen LogP contribution in [0, 0.1) is 18.3 Å². The van der Waals surface area contributed by atoms with E-state index in [1.54, 1.807) is 6.07 Å². The van der Waals surface area contributed by atoms with Crippen LogP contribution in [0.15, 0.2) is 29.8 Å². The van der Waals surface area contributed by atoms with Gasteiger partial charge in [-0.1, -0.05) is 24.3 Å². The second-order valence-corrected chi connectivity index (χ2v) is 2.89. The zero-order chi connectivity index (χ0) is 10.6. The first-order valence-corrected chi connectivity index (χ1v) is 4.12. The zero-order valence-corrected chi connectivity index (χ0v) is 7.82. The number of benzene rings is 1. The molecule has 0 aliphatic carbocycles. The Bertz CT molecular complexity index is 427. The van der Waals surface area contributed by atoms with Crippen LogP contribution < -0.4 is 5.73 Å². The predicted molar refractivity (Wildman–Crippen MR) is 54.0 cm³/mol. The molecule has 0 bridgehead atoms. The van der Waals surface area contributed by atoms with Crippen LogP contribution in [-0.4, -0.2) is 5.91 Å². The van der Waals surface area contributed by atoms with E-state index in [1.165, 1.54) is 6.08 Å². The van der Waals surface area contributed by atoms with E-state index >= 15 is 0 Å². The summed E-state index contributed by atoms with van der Waals surface area (Å²) in [5, 5.41) is 8.63. The lowest BCUT2D eigenvalue weighted by molar-refractivity contribution is -0.114. The summed E-state index contributed by atoms with van der Waals surface area (Å²) in [6, 6.07) is 9.23. The summed E-state index contributed by atoms with van der Waals surface area (Å²) in [5.41, 5.74) is 6.82. The number of amides is 1. The van der Waals surface area contributed by atoms with Gasteiger partial charge in [-0.25, -0.2) is 0 Å². The van der Waals surface area contributed by atoms with Crippen molar-refractivity contribution in [1.82, 2.24) is 0 Å². The quantitative estimate of drug-likeness (QED) is 0.560. The van der Waals surface area contributed by atoms with Crippen molar-refractivity contribution in [1.29, 1.82) is 5.26 Å². The van der Waals surface area contributed by atoms with Crippen molar-refractivity contribution in [3.8, 4) is 6.07 Å². The third-order valence-electron chi connectivity index (χ3n) is 1.87. The Hall–Kier alpha value is -2.08. The molecule has 0 radical (unpaired) electrons. The molecule has 2 N–H and O–H groups in total. The maximum atomic E-state index is 10.8. The first-order chi connectivity index (χ1) is 6.65. The molecule has 14 heavy (non-hydrogen) atoms. The van der Waals surface area contributed by atoms with Crippen molar-refractivity contribution in [3.05, 3.63) is 41.0 Å². The van der Waals surface area contributed by atoms with Crippen molar-refractivity contribution in [2.75, 3.05) is 0 Å². The second kappa shape index (κ2) is 4.24. The minimum Gasteiger partial charge on any atom is -0.365 e. The van der Waals surface area contributed by atoms with E-state index in [-0.39, 0.29) is 5.57 Å². The number of primary amides is 1. The largest absolute Gasteiger partial charge is 0.365 e. The van der Waals surface area contributed by atoms with Gasteiger partial charge in [0.05, 0.1) is 0 Å². The summed E-state index contributed by atoms with van der Waals surface area (Å²) in [6.07, 6.45) is 1.50. The molecular weight excluding hydrogens is 176 g/mol. The molecule has 0 spiro atoms. The minimum absolute atomic E-state index is 0.0284. The van der Waals surface area contributed by atoms with Gasteiger partial charge in [0.25, 0.3) is 5.91 Å². The molecule has 0 aliphatic heterocycles. The number of hydrogen-bond acceptors (Lipinski definition) is 2. The summed E-state index contributed by atoms with van der Waals surface area (Å²) >= 11 is 0. The van der Waals surface area contributed by atoms with Crippen molar-refractivity contribution >= 4 is 12.0 Å². The average Bonchev–Trinajstić information content (AvgIpc) is 2.16. The Morgan fingerprint density at radius 1 is 1.50 bits per heavy atom. The number of nitrogens with two attached hydrogens (primary N) is 1. The monoisotopic (exact) mass is 186 g/mol. The molecule has 0 aromatic heterocycles. The van der Waals surface area contributed by atoms with E-state index in [0.29, 0.717) is 0 Å². The minimum atomic E-state index is -0.698. The SMILES string of the molecule is Cc1ccccc1C=C(C#N)C(N)=O. The Kier molecular flexibility index (Phi) is 3.03. The van der Waals surface area contributed by atoms with Crippen LogP contribution in [0.3, 0.4) is 0 Å². The van der Waals surface area contributed by atoms with E-state index in [2.05, 4.69) is 0 Å². The summed E-state index contributed by atoms with van der Waals surface area (Å²) in [6.45, 7) is 1.90. The van der Waals surface area contributed by atoms with Gasteiger partial charge < -0.3 is 5.73 Å². The number of nitrogens with zero attached hydrogens (tertiary/aromatic N) is 1. The fourth-order valence-electron chi connectivity index (χ4n) is 1.06. The maximum absolute atomic E-state index is 10.8. The number of carbonyl (C=O) groups excluding carboxylic acids is 1. The third-order valence-corrected chi connectivity index (χ3v) is 1.87. The molecule has 0 aliphatic rings. The van der Waals surface area contributed by atoms with Gasteiger partial charge in [0.15, 0.2) is 0 Å². The van der Waals surface area contributed by atoms with Gasteiger partial charge in [0.1, 0.15) is 11.6 Å². The first-order valence-electron chi connectivity index (χ1n) is 4.12. The summed E-state index contributed by atoms with van der Waals surface area (Å²) in [7, 11) is 0. The lowest BCUT2D eigenvalue weighted by atomic mass is 10.1. The summed E-state index contributed by atoms with van der Waals surface area (Å²) in [4.78, 5) is 10.8. The van der Waals surface area contributed by atoms with Crippen LogP contribution >= 0.6 is 0 Å². The average molecular weight is 186 g/mol. The molecule has 0 saturated carbocycles. The number of nitriles is 1. The molecule has 1 aromatic rings. The van der Waals surface area contributed by atoms with Crippen LogP contribution in [0.5, 0.6) is 0 Å². The van der Waals surface area contributed by atoms with Crippen molar-refractivity contribution in [2.45, 2.75) is 6.92 Å². The molecular formula is C11H10N2O. The molecule has 0 heterocycles. The smallest absolute Gasteiger partial charge is 0.259 e. The Morgan fingerprint density at radius 2 is 2.14 bits per heavy atom. The van der Waals surface area contributed by atoms with E-state index < -0.39 is 5.91 Å². The highest BCUT2D eigenvalue weighted by Gasteiger charge is 2.03. The third kappa shape index (κ3) is 2.20. The molecule has 1 amide bonds. The predicted octanol–water partition coefficient (Wildman–Crippen LogP) is 1.39. The van der Waals surface area contributed by atoms with E-state index in [0.717, 1.165) is 11.1 Å². The molecule has 3 heteroatoms. The summed E-state index contributed by atoms with van der Waals surface area (Å²) < 4.78 is 0. The number of rotatable bonds is 2. The second-order valence-electron chi connectivity index (χ2n) is 2.89. The lowest BCUT2D eigenvalue weighted by Crippen LogP contribution is -2.12. The van der Waals surface area contributed by atoms with Crippen LogP contribution in [0.25, 0.3) is 6.08 Å². The number of carbonyl (C=O) groups is 1. The van der Waals surface area contributed by atoms with E-state index in [9.17, 15) is 4.79 Å². The molecule has 0 unspecified atom stereocenters. The topological polar surface area (TPSA) is 66.9 Å². The van der Waals surface area contributed by atoms with Crippen molar-refractivity contribution in [2.24, 2.45) is 5.73 Å². The van der Waals surface area contributed by atoms with Gasteiger partial charge in [-0.15, -0.1) is 0 Å². The van der Waals surface area contributed by atoms with E-state index in [1.807, 2.05) is 31.2 Å². The highest BCUT2D eigenvalue weighted by atomic mass is 16.1. The highest BCUT2D eigenvalue weighted by molar-refractivity contribution is 6.00. The zero-order valence-electron chi connectivity index (χ0n) is 7.82. The van der Waals surface area contributed by atoms with Crippen LogP contribution in [0.2, 0.25) is 0 Å². The van der Waals surface area contributed by atoms with Crippen LogP contribution in [0.1, 0.15) is 11.1 Å². The normalized spacial score (nSPS) is 10.7. The highest BCUT2D eigenvalue weighted by Crippen LogP contribution is 2.11. The Balaban J connectivity index is 3.15. The van der Waals surface area contributed by atoms with Crippen molar-refractivity contribution < 1.29 is 4.79 Å². The maximum Gasteiger partial charge on any atom is 0.259 e. The number of hydrogen-bond donors (Lipinski definition) is 1. The van der Waals surface area contributed by atoms with Gasteiger partial charge in [-0.2, -0.15) is 5.26 Å². The van der Waals surface area contributed by atoms with E-state index in [4.69, 9.17) is 11.0 Å². The van der Waals surface area contributed by atoms with Gasteiger partial charge >= 0.3 is 0 Å². The van der Waals surface area contributed by atoms with Gasteiger partial charge in [0.2, 0.25) is 0 Å². The Labute approximate surface area is 82.5 Å². The molecule has 70 valence electrons. The molecule has 1 rings (SSSR count). The first kappa shape index (κ1) is 10.0. The van der Waals surface area contributed by atoms with Gasteiger partial charge in [-0.05, 0) is 24.1 Å². The Morgan fingerprint density at radius 3 is 2.64 bits per heavy atom. The fraction of sp³-hybridized carbons (Fsp3) is 0.0909. The lowest BCUT2D eigenvalue weighted by Gasteiger charge is -1.98. The fourth-order valence-corrected chi connectivity index (χ4v) is 1.06. The molecule has 3 nitrogen and oxygen atoms in total. The van der Waals surface area contributed by atoms with Crippen LogP contribution in [0.4, 0.5) is 0 Å². The summed E-state index contributed by atoms with van der Waals surface area (Å²) in [5.74, 6) is -0.698. The van der Waals surface area contributed by atoms with Crippen molar-refractivity contribution in [3.63, 3.8) is 0 Å².